The highest BCUT2D eigenvalue weighted by Crippen LogP contribution is 2.22. The molecule has 3 amide bonds. The lowest BCUT2D eigenvalue weighted by Gasteiger charge is -2.18. The number of amides is 3. The Kier molecular flexibility index (Phi) is 6.69. The number of aromatic nitrogens is 2. The van der Waals surface area contributed by atoms with Crippen molar-refractivity contribution < 1.29 is 19.1 Å². The Morgan fingerprint density at radius 1 is 1.18 bits per heavy atom. The van der Waals surface area contributed by atoms with Crippen molar-refractivity contribution in [2.75, 3.05) is 19.0 Å². The highest BCUT2D eigenvalue weighted by Gasteiger charge is 2.28. The summed E-state index contributed by atoms with van der Waals surface area (Å²) in [6.45, 7) is 3.01. The van der Waals surface area contributed by atoms with Crippen LogP contribution in [-0.2, 0) is 20.9 Å². The minimum atomic E-state index is -0.794. The first-order valence-electron chi connectivity index (χ1n) is 10.9. The van der Waals surface area contributed by atoms with Gasteiger partial charge in [0, 0.05) is 20.1 Å². The Labute approximate surface area is 191 Å². The molecule has 0 fully saturated rings. The number of para-hydroxylation sites is 3. The van der Waals surface area contributed by atoms with E-state index in [1.807, 2.05) is 35.8 Å². The summed E-state index contributed by atoms with van der Waals surface area (Å²) < 4.78 is 7.27. The minimum Gasteiger partial charge on any atom is -0.383 e. The van der Waals surface area contributed by atoms with Crippen molar-refractivity contribution in [3.8, 4) is 0 Å². The Bertz CT molecular complexity index is 1190. The van der Waals surface area contributed by atoms with Crippen LogP contribution < -0.4 is 16.0 Å². The Balaban J connectivity index is 1.40. The maximum absolute atomic E-state index is 12.7. The molecule has 0 saturated heterocycles. The van der Waals surface area contributed by atoms with Gasteiger partial charge in [0.1, 0.15) is 11.9 Å². The maximum atomic E-state index is 12.7. The number of hydrogen-bond acceptors (Lipinski definition) is 5. The molecule has 1 aliphatic rings. The molecule has 1 aromatic heterocycles. The fourth-order valence-electron chi connectivity index (χ4n) is 4.01. The van der Waals surface area contributed by atoms with Gasteiger partial charge in [0.2, 0.25) is 11.8 Å². The van der Waals surface area contributed by atoms with Crippen molar-refractivity contribution in [3.63, 3.8) is 0 Å². The molecule has 0 saturated carbocycles. The summed E-state index contributed by atoms with van der Waals surface area (Å²) in [5.41, 5.74) is 2.70. The van der Waals surface area contributed by atoms with Crippen molar-refractivity contribution in [1.29, 1.82) is 0 Å². The summed E-state index contributed by atoms with van der Waals surface area (Å²) in [5, 5.41) is 8.43. The largest absolute Gasteiger partial charge is 0.383 e. The zero-order valence-electron chi connectivity index (χ0n) is 18.6. The molecule has 3 N–H and O–H groups in total. The van der Waals surface area contributed by atoms with Gasteiger partial charge in [-0.05, 0) is 37.6 Å². The molecule has 0 aliphatic carbocycles. The molecule has 9 heteroatoms. The number of nitrogens with one attached hydrogen (secondary N) is 3. The van der Waals surface area contributed by atoms with E-state index in [0.29, 0.717) is 24.4 Å². The van der Waals surface area contributed by atoms with Crippen molar-refractivity contribution in [2.45, 2.75) is 38.4 Å². The third-order valence-electron chi connectivity index (χ3n) is 5.68. The molecule has 9 nitrogen and oxygen atoms in total. The van der Waals surface area contributed by atoms with Crippen LogP contribution in [0.15, 0.2) is 48.5 Å². The number of anilines is 1. The standard InChI is InChI=1S/C24H27N5O4/c1-15(22-26-18-9-5-6-10-20(18)29(22)13-14-33-2)25-21(30)12-11-19-24(32)27-17-8-4-3-7-16(17)23(31)28-19/h3-10,15,19H,11-14H2,1-2H3,(H,25,30)(H,27,32)(H,28,31)/t15-,19-/m0/s1. The van der Waals surface area contributed by atoms with Crippen LogP contribution in [-0.4, -0.2) is 47.0 Å². The summed E-state index contributed by atoms with van der Waals surface area (Å²) in [4.78, 5) is 42.4. The zero-order chi connectivity index (χ0) is 23.4. The first kappa shape index (κ1) is 22.5. The van der Waals surface area contributed by atoms with Crippen LogP contribution in [0.1, 0.15) is 42.0 Å². The molecule has 3 aromatic rings. The van der Waals surface area contributed by atoms with Crippen molar-refractivity contribution >= 4 is 34.4 Å². The second kappa shape index (κ2) is 9.83. The molecule has 33 heavy (non-hydrogen) atoms. The third-order valence-corrected chi connectivity index (χ3v) is 5.68. The average molecular weight is 450 g/mol. The smallest absolute Gasteiger partial charge is 0.254 e. The predicted octanol–water partition coefficient (Wildman–Crippen LogP) is 2.39. The van der Waals surface area contributed by atoms with Gasteiger partial charge < -0.3 is 25.3 Å². The molecule has 0 radical (unpaired) electrons. The van der Waals surface area contributed by atoms with Crippen LogP contribution in [0, 0.1) is 0 Å². The summed E-state index contributed by atoms with van der Waals surface area (Å²) in [6.07, 6.45) is 0.265. The molecule has 0 unspecified atom stereocenters. The summed E-state index contributed by atoms with van der Waals surface area (Å²) in [5.74, 6) is -0.167. The second-order valence-electron chi connectivity index (χ2n) is 7.99. The number of carbonyl (C=O) groups is 3. The lowest BCUT2D eigenvalue weighted by molar-refractivity contribution is -0.122. The molecule has 1 aliphatic heterocycles. The number of carbonyl (C=O) groups excluding carboxylic acids is 3. The fraction of sp³-hybridized carbons (Fsp3) is 0.333. The van der Waals surface area contributed by atoms with Crippen LogP contribution in [0.4, 0.5) is 5.69 Å². The first-order valence-corrected chi connectivity index (χ1v) is 10.9. The molecular weight excluding hydrogens is 422 g/mol. The fourth-order valence-corrected chi connectivity index (χ4v) is 4.01. The van der Waals surface area contributed by atoms with Gasteiger partial charge in [-0.2, -0.15) is 0 Å². The second-order valence-corrected chi connectivity index (χ2v) is 7.99. The van der Waals surface area contributed by atoms with E-state index < -0.39 is 6.04 Å². The van der Waals surface area contributed by atoms with Crippen LogP contribution in [0.3, 0.4) is 0 Å². The van der Waals surface area contributed by atoms with Crippen LogP contribution in [0.5, 0.6) is 0 Å². The number of rotatable bonds is 8. The molecule has 0 spiro atoms. The van der Waals surface area contributed by atoms with Gasteiger partial charge in [-0.15, -0.1) is 0 Å². The molecule has 4 rings (SSSR count). The van der Waals surface area contributed by atoms with E-state index in [9.17, 15) is 14.4 Å². The molecular formula is C24H27N5O4. The minimum absolute atomic E-state index is 0.0807. The topological polar surface area (TPSA) is 114 Å². The third kappa shape index (κ3) is 4.88. The number of fused-ring (bicyclic) bond motifs is 2. The van der Waals surface area contributed by atoms with Gasteiger partial charge in [-0.3, -0.25) is 14.4 Å². The molecule has 2 aromatic carbocycles. The van der Waals surface area contributed by atoms with E-state index in [2.05, 4.69) is 16.0 Å². The SMILES string of the molecule is COCCn1c([C@H](C)NC(=O)CC[C@@H]2NC(=O)c3ccccc3NC2=O)nc2ccccc21. The van der Waals surface area contributed by atoms with Crippen molar-refractivity contribution in [3.05, 3.63) is 59.9 Å². The molecule has 172 valence electrons. The van der Waals surface area contributed by atoms with Crippen molar-refractivity contribution in [1.82, 2.24) is 20.2 Å². The zero-order valence-corrected chi connectivity index (χ0v) is 18.6. The summed E-state index contributed by atoms with van der Waals surface area (Å²) in [7, 11) is 1.64. The number of imidazole rings is 1. The summed E-state index contributed by atoms with van der Waals surface area (Å²) >= 11 is 0. The van der Waals surface area contributed by atoms with Crippen LogP contribution >= 0.6 is 0 Å². The lowest BCUT2D eigenvalue weighted by Crippen LogP contribution is -2.42. The van der Waals surface area contributed by atoms with E-state index in [1.165, 1.54) is 0 Å². The molecule has 2 heterocycles. The van der Waals surface area contributed by atoms with Gasteiger partial charge in [-0.1, -0.05) is 24.3 Å². The highest BCUT2D eigenvalue weighted by molar-refractivity contribution is 6.09. The number of hydrogen-bond donors (Lipinski definition) is 3. The van der Waals surface area contributed by atoms with E-state index in [1.54, 1.807) is 31.4 Å². The van der Waals surface area contributed by atoms with E-state index >= 15 is 0 Å². The normalized spacial score (nSPS) is 16.5. The first-order chi connectivity index (χ1) is 16.0. The lowest BCUT2D eigenvalue weighted by atomic mass is 10.1. The number of methoxy groups -OCH3 is 1. The monoisotopic (exact) mass is 449 g/mol. The number of nitrogens with zero attached hydrogens (tertiary/aromatic N) is 2. The maximum Gasteiger partial charge on any atom is 0.254 e. The number of ether oxygens (including phenoxy) is 1. The Morgan fingerprint density at radius 2 is 1.94 bits per heavy atom. The van der Waals surface area contributed by atoms with Gasteiger partial charge in [0.15, 0.2) is 0 Å². The van der Waals surface area contributed by atoms with E-state index in [-0.39, 0.29) is 36.6 Å². The van der Waals surface area contributed by atoms with Crippen LogP contribution in [0.2, 0.25) is 0 Å². The quantitative estimate of drug-likeness (QED) is 0.489. The van der Waals surface area contributed by atoms with Crippen LogP contribution in [0.25, 0.3) is 11.0 Å². The van der Waals surface area contributed by atoms with Crippen molar-refractivity contribution in [2.24, 2.45) is 0 Å². The Hall–Kier alpha value is -3.72. The van der Waals surface area contributed by atoms with Gasteiger partial charge in [0.25, 0.3) is 5.91 Å². The van der Waals surface area contributed by atoms with E-state index in [0.717, 1.165) is 16.9 Å². The molecule has 0 bridgehead atoms. The van der Waals surface area contributed by atoms with Gasteiger partial charge >= 0.3 is 0 Å². The predicted molar refractivity (Wildman–Crippen MR) is 124 cm³/mol. The average Bonchev–Trinajstić information content (AvgIpc) is 3.13. The Morgan fingerprint density at radius 3 is 2.76 bits per heavy atom. The highest BCUT2D eigenvalue weighted by atomic mass is 16.5. The summed E-state index contributed by atoms with van der Waals surface area (Å²) in [6, 6.07) is 13.5. The van der Waals surface area contributed by atoms with Gasteiger partial charge in [0.05, 0.1) is 34.9 Å². The van der Waals surface area contributed by atoms with Gasteiger partial charge in [-0.25, -0.2) is 4.98 Å². The number of benzene rings is 2. The van der Waals surface area contributed by atoms with E-state index in [4.69, 9.17) is 9.72 Å². The molecule has 2 atom stereocenters.